The Morgan fingerprint density at radius 3 is 2.48 bits per heavy atom. The van der Waals surface area contributed by atoms with Crippen LogP contribution in [0.5, 0.6) is 11.5 Å². The molecule has 0 saturated heterocycles. The number of fused-ring (bicyclic) bond motifs is 1. The molecule has 2 heterocycles. The SMILES string of the molecule is COc1cccc(C(=O)Nc2ccc(-c3ccc4nnc(C)n4n3)cc2)c1OC. The lowest BCUT2D eigenvalue weighted by Crippen LogP contribution is -2.13. The minimum Gasteiger partial charge on any atom is -0.493 e. The van der Waals surface area contributed by atoms with Gasteiger partial charge in [0.1, 0.15) is 0 Å². The van der Waals surface area contributed by atoms with Crippen molar-refractivity contribution in [1.29, 1.82) is 0 Å². The zero-order valence-electron chi connectivity index (χ0n) is 16.2. The molecule has 0 saturated carbocycles. The first-order valence-electron chi connectivity index (χ1n) is 8.92. The highest BCUT2D eigenvalue weighted by molar-refractivity contribution is 6.06. The first kappa shape index (κ1) is 18.4. The molecule has 0 radical (unpaired) electrons. The van der Waals surface area contributed by atoms with E-state index in [0.717, 1.165) is 17.1 Å². The topological polar surface area (TPSA) is 90.6 Å². The molecule has 8 heteroatoms. The summed E-state index contributed by atoms with van der Waals surface area (Å²) in [5.74, 6) is 1.33. The molecule has 4 rings (SSSR count). The van der Waals surface area contributed by atoms with Crippen LogP contribution in [-0.4, -0.2) is 39.9 Å². The van der Waals surface area contributed by atoms with E-state index in [1.807, 2.05) is 43.3 Å². The molecule has 0 unspecified atom stereocenters. The number of carbonyl (C=O) groups is 1. The van der Waals surface area contributed by atoms with Crippen LogP contribution in [0.25, 0.3) is 16.9 Å². The summed E-state index contributed by atoms with van der Waals surface area (Å²) < 4.78 is 12.3. The summed E-state index contributed by atoms with van der Waals surface area (Å²) in [6.07, 6.45) is 0. The van der Waals surface area contributed by atoms with Gasteiger partial charge in [0.05, 0.1) is 25.5 Å². The lowest BCUT2D eigenvalue weighted by molar-refractivity contribution is 0.102. The smallest absolute Gasteiger partial charge is 0.259 e. The summed E-state index contributed by atoms with van der Waals surface area (Å²) in [5, 5.41) is 15.5. The summed E-state index contributed by atoms with van der Waals surface area (Å²) in [7, 11) is 3.04. The zero-order valence-corrected chi connectivity index (χ0v) is 16.2. The Balaban J connectivity index is 1.56. The Labute approximate surface area is 167 Å². The molecule has 0 atom stereocenters. The number of aryl methyl sites for hydroxylation is 1. The van der Waals surface area contributed by atoms with E-state index >= 15 is 0 Å². The van der Waals surface area contributed by atoms with Gasteiger partial charge in [-0.2, -0.15) is 9.61 Å². The molecule has 8 nitrogen and oxygen atoms in total. The van der Waals surface area contributed by atoms with Crippen molar-refractivity contribution in [2.75, 3.05) is 19.5 Å². The summed E-state index contributed by atoms with van der Waals surface area (Å²) in [5.41, 5.74) is 3.45. The molecular formula is C21H19N5O3. The Morgan fingerprint density at radius 1 is 0.966 bits per heavy atom. The normalized spacial score (nSPS) is 10.7. The van der Waals surface area contributed by atoms with Gasteiger partial charge in [0, 0.05) is 11.3 Å². The predicted molar refractivity (Wildman–Crippen MR) is 108 cm³/mol. The predicted octanol–water partition coefficient (Wildman–Crippen LogP) is 3.37. The van der Waals surface area contributed by atoms with Crippen molar-refractivity contribution < 1.29 is 14.3 Å². The highest BCUT2D eigenvalue weighted by Gasteiger charge is 2.16. The van der Waals surface area contributed by atoms with E-state index in [0.29, 0.717) is 28.4 Å². The molecule has 1 amide bonds. The molecule has 29 heavy (non-hydrogen) atoms. The largest absolute Gasteiger partial charge is 0.493 e. The van der Waals surface area contributed by atoms with Gasteiger partial charge >= 0.3 is 0 Å². The number of nitrogens with one attached hydrogen (secondary N) is 1. The van der Waals surface area contributed by atoms with Gasteiger partial charge in [-0.1, -0.05) is 18.2 Å². The number of carbonyl (C=O) groups excluding carboxylic acids is 1. The summed E-state index contributed by atoms with van der Waals surface area (Å²) in [6.45, 7) is 1.85. The van der Waals surface area contributed by atoms with Gasteiger partial charge < -0.3 is 14.8 Å². The van der Waals surface area contributed by atoms with Crippen molar-refractivity contribution in [3.05, 3.63) is 66.0 Å². The highest BCUT2D eigenvalue weighted by atomic mass is 16.5. The second-order valence-corrected chi connectivity index (χ2v) is 6.31. The Morgan fingerprint density at radius 2 is 1.76 bits per heavy atom. The molecule has 0 bridgehead atoms. The summed E-state index contributed by atoms with van der Waals surface area (Å²) in [6, 6.07) is 16.4. The molecule has 2 aromatic heterocycles. The van der Waals surface area contributed by atoms with Crippen LogP contribution in [-0.2, 0) is 0 Å². The lowest BCUT2D eigenvalue weighted by Gasteiger charge is -2.12. The van der Waals surface area contributed by atoms with Crippen LogP contribution in [0, 0.1) is 6.92 Å². The second kappa shape index (κ2) is 7.59. The zero-order chi connectivity index (χ0) is 20.4. The van der Waals surface area contributed by atoms with Gasteiger partial charge in [-0.25, -0.2) is 0 Å². The van der Waals surface area contributed by atoms with Gasteiger partial charge in [0.2, 0.25) is 0 Å². The van der Waals surface area contributed by atoms with Crippen LogP contribution in [0.3, 0.4) is 0 Å². The monoisotopic (exact) mass is 389 g/mol. The number of hydrogen-bond donors (Lipinski definition) is 1. The van der Waals surface area contributed by atoms with E-state index in [-0.39, 0.29) is 5.91 Å². The fourth-order valence-electron chi connectivity index (χ4n) is 3.04. The number of benzene rings is 2. The van der Waals surface area contributed by atoms with Gasteiger partial charge in [0.15, 0.2) is 23.0 Å². The Bertz CT molecular complexity index is 1180. The van der Waals surface area contributed by atoms with Crippen molar-refractivity contribution >= 4 is 17.2 Å². The second-order valence-electron chi connectivity index (χ2n) is 6.31. The van der Waals surface area contributed by atoms with Crippen LogP contribution < -0.4 is 14.8 Å². The molecule has 146 valence electrons. The molecule has 0 spiro atoms. The van der Waals surface area contributed by atoms with E-state index in [2.05, 4.69) is 20.6 Å². The lowest BCUT2D eigenvalue weighted by atomic mass is 10.1. The molecule has 0 fully saturated rings. The first-order chi connectivity index (χ1) is 14.1. The third-order valence-electron chi connectivity index (χ3n) is 4.50. The minimum absolute atomic E-state index is 0.284. The van der Waals surface area contributed by atoms with E-state index in [4.69, 9.17) is 9.47 Å². The molecule has 0 aliphatic heterocycles. The number of hydrogen-bond acceptors (Lipinski definition) is 6. The van der Waals surface area contributed by atoms with Crippen LogP contribution in [0.2, 0.25) is 0 Å². The third-order valence-corrected chi connectivity index (χ3v) is 4.50. The van der Waals surface area contributed by atoms with Gasteiger partial charge in [-0.3, -0.25) is 4.79 Å². The van der Waals surface area contributed by atoms with E-state index < -0.39 is 0 Å². The Kier molecular flexibility index (Phi) is 4.82. The minimum atomic E-state index is -0.284. The number of para-hydroxylation sites is 1. The average Bonchev–Trinajstić information content (AvgIpc) is 3.13. The maximum Gasteiger partial charge on any atom is 0.259 e. The van der Waals surface area contributed by atoms with Crippen molar-refractivity contribution in [3.8, 4) is 22.8 Å². The molecular weight excluding hydrogens is 370 g/mol. The quantitative estimate of drug-likeness (QED) is 0.563. The van der Waals surface area contributed by atoms with Crippen molar-refractivity contribution in [2.24, 2.45) is 0 Å². The van der Waals surface area contributed by atoms with E-state index in [9.17, 15) is 4.79 Å². The van der Waals surface area contributed by atoms with Crippen LogP contribution in [0.1, 0.15) is 16.2 Å². The highest BCUT2D eigenvalue weighted by Crippen LogP contribution is 2.31. The molecule has 2 aromatic carbocycles. The van der Waals surface area contributed by atoms with Gasteiger partial charge in [0.25, 0.3) is 5.91 Å². The number of ether oxygens (including phenoxy) is 2. The first-order valence-corrected chi connectivity index (χ1v) is 8.92. The van der Waals surface area contributed by atoms with Crippen LogP contribution in [0.15, 0.2) is 54.6 Å². The van der Waals surface area contributed by atoms with Crippen LogP contribution >= 0.6 is 0 Å². The third kappa shape index (κ3) is 3.47. The fraction of sp³-hybridized carbons (Fsp3) is 0.143. The number of rotatable bonds is 5. The molecule has 0 aliphatic carbocycles. The molecule has 4 aromatic rings. The molecule has 1 N–H and O–H groups in total. The maximum absolute atomic E-state index is 12.7. The number of amides is 1. The van der Waals surface area contributed by atoms with Crippen molar-refractivity contribution in [3.63, 3.8) is 0 Å². The van der Waals surface area contributed by atoms with Crippen LogP contribution in [0.4, 0.5) is 5.69 Å². The fourth-order valence-corrected chi connectivity index (χ4v) is 3.04. The number of anilines is 1. The van der Waals surface area contributed by atoms with E-state index in [1.165, 1.54) is 14.2 Å². The van der Waals surface area contributed by atoms with Crippen molar-refractivity contribution in [2.45, 2.75) is 6.92 Å². The standard InChI is InChI=1S/C21H19N5O3/c1-13-23-24-19-12-11-17(25-26(13)19)14-7-9-15(10-8-14)22-21(27)16-5-4-6-18(28-2)20(16)29-3/h4-12H,1-3H3,(H,22,27). The average molecular weight is 389 g/mol. The van der Waals surface area contributed by atoms with Gasteiger partial charge in [-0.15, -0.1) is 10.2 Å². The number of methoxy groups -OCH3 is 2. The Hall–Kier alpha value is -3.94. The maximum atomic E-state index is 12.7. The summed E-state index contributed by atoms with van der Waals surface area (Å²) in [4.78, 5) is 12.7. The number of nitrogens with zero attached hydrogens (tertiary/aromatic N) is 4. The molecule has 0 aliphatic rings. The summed E-state index contributed by atoms with van der Waals surface area (Å²) >= 11 is 0. The van der Waals surface area contributed by atoms with E-state index in [1.54, 1.807) is 22.7 Å². The number of aromatic nitrogens is 4. The van der Waals surface area contributed by atoms with Crippen molar-refractivity contribution in [1.82, 2.24) is 19.8 Å². The van der Waals surface area contributed by atoms with Gasteiger partial charge in [-0.05, 0) is 43.3 Å².